The van der Waals surface area contributed by atoms with Crippen LogP contribution in [0, 0.1) is 10.1 Å². The minimum absolute atomic E-state index is 0.0272. The minimum atomic E-state index is -0.450. The number of nitro groups is 1. The Morgan fingerprint density at radius 1 is 1.17 bits per heavy atom. The highest BCUT2D eigenvalue weighted by atomic mass is 16.6. The molecule has 1 heterocycles. The van der Waals surface area contributed by atoms with Crippen molar-refractivity contribution in [3.05, 3.63) is 87.7 Å². The van der Waals surface area contributed by atoms with E-state index in [1.165, 1.54) is 12.1 Å². The van der Waals surface area contributed by atoms with Gasteiger partial charge in [-0.3, -0.25) is 19.6 Å². The molecular weight excluding hydrogens is 374 g/mol. The lowest BCUT2D eigenvalue weighted by molar-refractivity contribution is -0.384. The number of nitrogens with one attached hydrogen (secondary N) is 1. The van der Waals surface area contributed by atoms with Crippen molar-refractivity contribution in [2.45, 2.75) is 13.5 Å². The number of benzene rings is 2. The number of ether oxygens (including phenoxy) is 1. The Kier molecular flexibility index (Phi) is 5.98. The molecule has 0 aliphatic heterocycles. The molecule has 9 heteroatoms. The van der Waals surface area contributed by atoms with Gasteiger partial charge in [-0.25, -0.2) is 5.43 Å². The first kappa shape index (κ1) is 19.7. The maximum atomic E-state index is 12.3. The van der Waals surface area contributed by atoms with Crippen molar-refractivity contribution in [3.8, 4) is 5.75 Å². The molecule has 0 saturated carbocycles. The zero-order valence-corrected chi connectivity index (χ0v) is 15.9. The molecular formula is C20H19N5O4. The third kappa shape index (κ3) is 5.04. The fourth-order valence-electron chi connectivity index (χ4n) is 2.57. The highest BCUT2D eigenvalue weighted by Gasteiger charge is 2.10. The Labute approximate surface area is 166 Å². The van der Waals surface area contributed by atoms with E-state index < -0.39 is 10.8 Å². The van der Waals surface area contributed by atoms with Gasteiger partial charge < -0.3 is 4.74 Å². The number of non-ortho nitro benzene ring substituents is 1. The zero-order valence-electron chi connectivity index (χ0n) is 15.9. The molecule has 0 radical (unpaired) electrons. The van der Waals surface area contributed by atoms with E-state index in [2.05, 4.69) is 15.6 Å². The summed E-state index contributed by atoms with van der Waals surface area (Å²) in [6.45, 7) is 2.18. The predicted octanol–water partition coefficient (Wildman–Crippen LogP) is 3.00. The Balaban J connectivity index is 1.61. The van der Waals surface area contributed by atoms with Crippen LogP contribution in [-0.4, -0.2) is 33.4 Å². The molecule has 9 nitrogen and oxygen atoms in total. The van der Waals surface area contributed by atoms with Crippen molar-refractivity contribution < 1.29 is 14.5 Å². The summed E-state index contributed by atoms with van der Waals surface area (Å²) in [5, 5.41) is 19.0. The number of nitrogens with zero attached hydrogens (tertiary/aromatic N) is 4. The molecule has 3 aromatic rings. The lowest BCUT2D eigenvalue weighted by Crippen LogP contribution is -2.20. The van der Waals surface area contributed by atoms with Crippen LogP contribution in [0.15, 0.2) is 65.9 Å². The van der Waals surface area contributed by atoms with E-state index in [-0.39, 0.29) is 11.4 Å². The molecule has 1 amide bonds. The number of hydrogen-bond donors (Lipinski definition) is 1. The molecule has 0 atom stereocenters. The van der Waals surface area contributed by atoms with Crippen LogP contribution in [0.25, 0.3) is 0 Å². The van der Waals surface area contributed by atoms with E-state index in [0.717, 1.165) is 16.9 Å². The van der Waals surface area contributed by atoms with Gasteiger partial charge in [-0.1, -0.05) is 12.1 Å². The molecule has 2 aromatic carbocycles. The van der Waals surface area contributed by atoms with Gasteiger partial charge in [0.2, 0.25) is 0 Å². The van der Waals surface area contributed by atoms with E-state index >= 15 is 0 Å². The summed E-state index contributed by atoms with van der Waals surface area (Å²) in [7, 11) is 1.59. The Bertz CT molecular complexity index is 1040. The number of hydrogen-bond acceptors (Lipinski definition) is 6. The fourth-order valence-corrected chi connectivity index (χ4v) is 2.57. The predicted molar refractivity (Wildman–Crippen MR) is 107 cm³/mol. The van der Waals surface area contributed by atoms with Crippen LogP contribution in [0.5, 0.6) is 5.75 Å². The van der Waals surface area contributed by atoms with Gasteiger partial charge in [0.15, 0.2) is 5.69 Å². The first-order valence-electron chi connectivity index (χ1n) is 8.72. The second kappa shape index (κ2) is 8.79. The molecule has 148 valence electrons. The molecule has 0 spiro atoms. The van der Waals surface area contributed by atoms with Gasteiger partial charge in [-0.05, 0) is 48.4 Å². The Morgan fingerprint density at radius 3 is 2.48 bits per heavy atom. The number of carbonyl (C=O) groups excluding carboxylic acids is 1. The molecule has 0 fully saturated rings. The molecule has 0 unspecified atom stereocenters. The summed E-state index contributed by atoms with van der Waals surface area (Å²) in [6, 6.07) is 15.1. The molecule has 0 bridgehead atoms. The zero-order chi connectivity index (χ0) is 20.8. The van der Waals surface area contributed by atoms with Crippen LogP contribution < -0.4 is 10.2 Å². The van der Waals surface area contributed by atoms with Crippen LogP contribution in [0.3, 0.4) is 0 Å². The summed E-state index contributed by atoms with van der Waals surface area (Å²) in [5.74, 6) is 0.310. The quantitative estimate of drug-likeness (QED) is 0.377. The van der Waals surface area contributed by atoms with Gasteiger partial charge in [-0.15, -0.1) is 0 Å². The second-order valence-corrected chi connectivity index (χ2v) is 6.19. The second-order valence-electron chi connectivity index (χ2n) is 6.19. The van der Waals surface area contributed by atoms with E-state index in [4.69, 9.17) is 4.74 Å². The number of aromatic nitrogens is 2. The average Bonchev–Trinajstić information content (AvgIpc) is 3.20. The summed E-state index contributed by atoms with van der Waals surface area (Å²) in [4.78, 5) is 22.5. The van der Waals surface area contributed by atoms with Crippen molar-refractivity contribution in [1.82, 2.24) is 15.2 Å². The molecule has 0 aliphatic rings. The van der Waals surface area contributed by atoms with Gasteiger partial charge in [0.05, 0.1) is 24.3 Å². The molecule has 29 heavy (non-hydrogen) atoms. The number of carbonyl (C=O) groups is 1. The number of amides is 1. The highest BCUT2D eigenvalue weighted by molar-refractivity contribution is 6.00. The van der Waals surface area contributed by atoms with Crippen molar-refractivity contribution in [3.63, 3.8) is 0 Å². The first-order valence-corrected chi connectivity index (χ1v) is 8.72. The van der Waals surface area contributed by atoms with Crippen molar-refractivity contribution in [1.29, 1.82) is 0 Å². The van der Waals surface area contributed by atoms with Crippen LogP contribution in [0.1, 0.15) is 28.5 Å². The molecule has 3 rings (SSSR count). The van der Waals surface area contributed by atoms with Gasteiger partial charge in [0, 0.05) is 18.3 Å². The molecule has 1 N–H and O–H groups in total. The lowest BCUT2D eigenvalue weighted by atomic mass is 10.1. The maximum Gasteiger partial charge on any atom is 0.291 e. The van der Waals surface area contributed by atoms with Crippen LogP contribution in [-0.2, 0) is 6.54 Å². The smallest absolute Gasteiger partial charge is 0.291 e. The third-order valence-electron chi connectivity index (χ3n) is 4.20. The highest BCUT2D eigenvalue weighted by Crippen LogP contribution is 2.13. The van der Waals surface area contributed by atoms with Gasteiger partial charge in [0.1, 0.15) is 5.75 Å². The van der Waals surface area contributed by atoms with E-state index in [0.29, 0.717) is 12.3 Å². The van der Waals surface area contributed by atoms with Gasteiger partial charge in [-0.2, -0.15) is 10.2 Å². The fraction of sp³-hybridized carbons (Fsp3) is 0.150. The van der Waals surface area contributed by atoms with E-state index in [9.17, 15) is 14.9 Å². The van der Waals surface area contributed by atoms with Crippen LogP contribution in [0.4, 0.5) is 5.69 Å². The molecule has 1 aromatic heterocycles. The van der Waals surface area contributed by atoms with E-state index in [1.54, 1.807) is 43.1 Å². The van der Waals surface area contributed by atoms with Gasteiger partial charge in [0.25, 0.3) is 11.6 Å². The lowest BCUT2D eigenvalue weighted by Gasteiger charge is -2.04. The normalized spacial score (nSPS) is 11.2. The average molecular weight is 393 g/mol. The standard InChI is InChI=1S/C20H19N5O4/c1-14(16-5-9-18(29-2)10-6-16)21-22-20(26)19-11-12-24(23-19)13-15-3-7-17(8-4-15)25(27)28/h3-12H,13H2,1-2H3,(H,22,26). The Hall–Kier alpha value is -4.01. The van der Waals surface area contributed by atoms with Crippen LogP contribution in [0.2, 0.25) is 0 Å². The SMILES string of the molecule is COc1ccc(C(C)=NNC(=O)c2ccn(Cc3ccc([N+](=O)[O-])cc3)n2)cc1. The summed E-state index contributed by atoms with van der Waals surface area (Å²) in [6.07, 6.45) is 1.66. The molecule has 0 aliphatic carbocycles. The molecule has 0 saturated heterocycles. The summed E-state index contributed by atoms with van der Waals surface area (Å²) in [5.41, 5.74) is 5.07. The maximum absolute atomic E-state index is 12.3. The third-order valence-corrected chi connectivity index (χ3v) is 4.20. The van der Waals surface area contributed by atoms with Crippen LogP contribution >= 0.6 is 0 Å². The Morgan fingerprint density at radius 2 is 1.86 bits per heavy atom. The van der Waals surface area contributed by atoms with Crippen molar-refractivity contribution in [2.24, 2.45) is 5.10 Å². The van der Waals surface area contributed by atoms with E-state index in [1.807, 2.05) is 24.3 Å². The number of nitro benzene ring substituents is 1. The van der Waals surface area contributed by atoms with Crippen molar-refractivity contribution >= 4 is 17.3 Å². The number of rotatable bonds is 7. The van der Waals surface area contributed by atoms with Crippen molar-refractivity contribution in [2.75, 3.05) is 7.11 Å². The van der Waals surface area contributed by atoms with Gasteiger partial charge >= 0.3 is 0 Å². The monoisotopic (exact) mass is 393 g/mol. The largest absolute Gasteiger partial charge is 0.497 e. The summed E-state index contributed by atoms with van der Waals surface area (Å²) < 4.78 is 6.70. The summed E-state index contributed by atoms with van der Waals surface area (Å²) >= 11 is 0. The minimum Gasteiger partial charge on any atom is -0.497 e. The number of methoxy groups -OCH3 is 1. The number of hydrazone groups is 1. The topological polar surface area (TPSA) is 112 Å². The first-order chi connectivity index (χ1) is 14.0.